The quantitative estimate of drug-likeness (QED) is 0.215. The predicted octanol–water partition coefficient (Wildman–Crippen LogP) is 4.18. The van der Waals surface area contributed by atoms with Gasteiger partial charge in [0.1, 0.15) is 5.52 Å². The van der Waals surface area contributed by atoms with Gasteiger partial charge in [-0.25, -0.2) is 14.5 Å². The van der Waals surface area contributed by atoms with E-state index in [4.69, 9.17) is 4.84 Å². The van der Waals surface area contributed by atoms with E-state index in [1.165, 1.54) is 24.5 Å². The van der Waals surface area contributed by atoms with Crippen LogP contribution in [-0.4, -0.2) is 88.4 Å². The van der Waals surface area contributed by atoms with E-state index in [1.54, 1.807) is 6.20 Å². The minimum atomic E-state index is -10.7. The van der Waals surface area contributed by atoms with Crippen LogP contribution < -0.4 is 4.84 Å². The first-order valence-electron chi connectivity index (χ1n) is 9.24. The molecule has 0 radical (unpaired) electrons. The van der Waals surface area contributed by atoms with Gasteiger partial charge in [0.15, 0.2) is 0 Å². The molecule has 0 amide bonds. The summed E-state index contributed by atoms with van der Waals surface area (Å²) in [4.78, 5) is 15.3. The average molecular weight is 481 g/mol. The van der Waals surface area contributed by atoms with Crippen LogP contribution in [0.3, 0.4) is 0 Å². The number of hydrogen-bond acceptors (Lipinski definition) is 5. The number of rotatable bonds is 4. The molecule has 0 saturated carbocycles. The standard InChI is InChI=1S/C10H15N6O.C6H15N.F6P/c1-14(2)10(15(3)4)17-16-9-8(12-13-16)6-5-7-11-9;1-4-7(5-2)6-3;1-7(2,3,4,5)6/h5-7H,1-4H3;4-6H2,1-3H3;/q+1;;-1. The number of amidine groups is 1. The van der Waals surface area contributed by atoms with Crippen molar-refractivity contribution >= 4 is 25.0 Å². The summed E-state index contributed by atoms with van der Waals surface area (Å²) in [5.74, 6) is 0. The van der Waals surface area contributed by atoms with Crippen molar-refractivity contribution < 1.29 is 34.6 Å². The van der Waals surface area contributed by atoms with Gasteiger partial charge in [0, 0.05) is 6.20 Å². The molecule has 2 aromatic rings. The van der Waals surface area contributed by atoms with Crippen LogP contribution >= 0.6 is 7.81 Å². The number of nitrogens with zero attached hydrogens (tertiary/aromatic N) is 7. The second-order valence-corrected chi connectivity index (χ2v) is 8.47. The molecule has 0 aliphatic heterocycles. The first kappa shape index (κ1) is 28.8. The summed E-state index contributed by atoms with van der Waals surface area (Å²) in [6.45, 7) is 10.1. The molecule has 0 aliphatic rings. The van der Waals surface area contributed by atoms with Crippen LogP contribution in [0.25, 0.3) is 11.2 Å². The SMILES string of the molecule is CCN(CC)CC.CN(C)C(On1nnc2cccnc21)=[N+](C)C.F[P-](F)(F)(F)(F)F. The summed E-state index contributed by atoms with van der Waals surface area (Å²) in [5.41, 5.74) is 1.29. The Kier molecular flexibility index (Phi) is 9.66. The van der Waals surface area contributed by atoms with Crippen LogP contribution in [-0.2, 0) is 0 Å². The third-order valence-electron chi connectivity index (χ3n) is 3.46. The van der Waals surface area contributed by atoms with E-state index >= 15 is 0 Å². The van der Waals surface area contributed by atoms with Gasteiger partial charge < -0.3 is 4.90 Å². The van der Waals surface area contributed by atoms with E-state index in [-0.39, 0.29) is 0 Å². The average Bonchev–Trinajstić information content (AvgIpc) is 3.01. The van der Waals surface area contributed by atoms with Crippen LogP contribution in [0, 0.1) is 0 Å². The molecule has 0 unspecified atom stereocenters. The Morgan fingerprint density at radius 2 is 1.52 bits per heavy atom. The van der Waals surface area contributed by atoms with E-state index in [9.17, 15) is 25.2 Å². The van der Waals surface area contributed by atoms with E-state index in [0.717, 1.165) is 0 Å². The molecular formula is C16H30F6N7OP. The van der Waals surface area contributed by atoms with Gasteiger partial charge in [-0.15, -0.1) is 5.10 Å². The molecule has 0 atom stereocenters. The maximum atomic E-state index is 9.87. The number of pyridine rings is 1. The van der Waals surface area contributed by atoms with E-state index in [0.29, 0.717) is 17.2 Å². The van der Waals surface area contributed by atoms with Crippen molar-refractivity contribution in [1.82, 2.24) is 29.9 Å². The molecule has 8 nitrogen and oxygen atoms in total. The number of aromatic nitrogens is 4. The molecule has 0 saturated heterocycles. The second-order valence-electron chi connectivity index (χ2n) is 6.55. The van der Waals surface area contributed by atoms with Crippen LogP contribution in [0.4, 0.5) is 25.2 Å². The molecule has 2 aromatic heterocycles. The first-order valence-corrected chi connectivity index (χ1v) is 11.3. The van der Waals surface area contributed by atoms with Crippen molar-refractivity contribution in [2.75, 3.05) is 47.8 Å². The van der Waals surface area contributed by atoms with Gasteiger partial charge in [0.2, 0.25) is 5.65 Å². The Morgan fingerprint density at radius 3 is 1.87 bits per heavy atom. The Hall–Kier alpha value is -2.21. The van der Waals surface area contributed by atoms with E-state index in [1.807, 2.05) is 49.8 Å². The summed E-state index contributed by atoms with van der Waals surface area (Å²) in [5, 5.41) is 7.87. The van der Waals surface area contributed by atoms with Gasteiger partial charge in [-0.3, -0.25) is 4.84 Å². The number of halogens is 6. The summed E-state index contributed by atoms with van der Waals surface area (Å²) in [6, 6.07) is 4.28. The molecule has 0 bridgehead atoms. The molecule has 182 valence electrons. The van der Waals surface area contributed by atoms with Crippen LogP contribution in [0.2, 0.25) is 0 Å². The fraction of sp³-hybridized carbons (Fsp3) is 0.625. The van der Waals surface area contributed by atoms with Crippen LogP contribution in [0.1, 0.15) is 20.8 Å². The summed E-state index contributed by atoms with van der Waals surface area (Å²) in [6.07, 6.45) is 1.68. The third kappa shape index (κ3) is 14.4. The Labute approximate surface area is 177 Å². The fourth-order valence-electron chi connectivity index (χ4n) is 2.12. The topological polar surface area (TPSA) is 62.3 Å². The zero-order chi connectivity index (χ0) is 24.5. The molecule has 0 fully saturated rings. The van der Waals surface area contributed by atoms with Crippen LogP contribution in [0.15, 0.2) is 18.3 Å². The van der Waals surface area contributed by atoms with Crippen molar-refractivity contribution in [3.63, 3.8) is 0 Å². The summed E-state index contributed by atoms with van der Waals surface area (Å²) in [7, 11) is -3.09. The normalized spacial score (nSPS) is 13.2. The molecule has 0 aliphatic carbocycles. The van der Waals surface area contributed by atoms with Gasteiger partial charge in [0.25, 0.3) is 0 Å². The fourth-order valence-corrected chi connectivity index (χ4v) is 2.12. The predicted molar refractivity (Wildman–Crippen MR) is 110 cm³/mol. The molecule has 2 heterocycles. The Morgan fingerprint density at radius 1 is 1.03 bits per heavy atom. The molecular weight excluding hydrogens is 451 g/mol. The van der Waals surface area contributed by atoms with Crippen molar-refractivity contribution in [3.05, 3.63) is 18.3 Å². The van der Waals surface area contributed by atoms with Crippen molar-refractivity contribution in [2.24, 2.45) is 0 Å². The van der Waals surface area contributed by atoms with Crippen molar-refractivity contribution in [3.8, 4) is 0 Å². The van der Waals surface area contributed by atoms with E-state index in [2.05, 4.69) is 41.0 Å². The van der Waals surface area contributed by atoms with Gasteiger partial charge in [-0.2, -0.15) is 0 Å². The Bertz CT molecular complexity index is 830. The van der Waals surface area contributed by atoms with Gasteiger partial charge in [-0.05, 0) is 41.8 Å². The molecule has 2 rings (SSSR count). The van der Waals surface area contributed by atoms with Gasteiger partial charge >= 0.3 is 39.0 Å². The summed E-state index contributed by atoms with van der Waals surface area (Å²) >= 11 is 0. The van der Waals surface area contributed by atoms with Crippen molar-refractivity contribution in [2.45, 2.75) is 20.8 Å². The number of fused-ring (bicyclic) bond motifs is 1. The van der Waals surface area contributed by atoms with Gasteiger partial charge in [-0.1, -0.05) is 20.8 Å². The number of hydrogen-bond donors (Lipinski definition) is 0. The Balaban J connectivity index is 0.000000536. The molecule has 0 N–H and O–H groups in total. The molecule has 0 spiro atoms. The van der Waals surface area contributed by atoms with E-state index < -0.39 is 7.81 Å². The molecule has 0 aromatic carbocycles. The zero-order valence-electron chi connectivity index (χ0n) is 18.6. The first-order chi connectivity index (χ1) is 13.9. The van der Waals surface area contributed by atoms with Crippen molar-refractivity contribution in [1.29, 1.82) is 0 Å². The van der Waals surface area contributed by atoms with Gasteiger partial charge in [0.05, 0.1) is 28.2 Å². The third-order valence-corrected chi connectivity index (χ3v) is 3.46. The molecule has 31 heavy (non-hydrogen) atoms. The zero-order valence-corrected chi connectivity index (χ0v) is 19.5. The summed E-state index contributed by atoms with van der Waals surface area (Å²) < 4.78 is 61.0. The monoisotopic (exact) mass is 481 g/mol. The minimum absolute atomic E-state index is 0.591. The maximum absolute atomic E-state index is 10.7. The van der Waals surface area contributed by atoms with Crippen LogP contribution in [0.5, 0.6) is 0 Å². The molecule has 15 heteroatoms. The second kappa shape index (κ2) is 10.4.